The summed E-state index contributed by atoms with van der Waals surface area (Å²) in [6.07, 6.45) is 0. The molecule has 1 fully saturated rings. The van der Waals surface area contributed by atoms with E-state index >= 15 is 0 Å². The molecule has 1 aliphatic rings. The largest absolute Gasteiger partial charge is 0.481 e. The lowest BCUT2D eigenvalue weighted by molar-refractivity contribution is -0.141. The number of aromatic nitrogens is 1. The molecule has 2 N–H and O–H groups in total. The molecule has 2 rings (SSSR count). The maximum absolute atomic E-state index is 11.0. The van der Waals surface area contributed by atoms with E-state index in [1.165, 1.54) is 0 Å². The van der Waals surface area contributed by atoms with Gasteiger partial charge in [-0.15, -0.1) is 0 Å². The zero-order valence-corrected chi connectivity index (χ0v) is 9.01. The molecule has 2 heterocycles. The molecule has 0 amide bonds. The number of hydrogen-bond acceptors (Lipinski definition) is 4. The van der Waals surface area contributed by atoms with E-state index in [9.17, 15) is 4.79 Å². The third kappa shape index (κ3) is 1.99. The van der Waals surface area contributed by atoms with Gasteiger partial charge >= 0.3 is 5.97 Å². The van der Waals surface area contributed by atoms with Gasteiger partial charge in [-0.3, -0.25) is 4.79 Å². The van der Waals surface area contributed by atoms with Crippen LogP contribution >= 0.6 is 0 Å². The van der Waals surface area contributed by atoms with Crippen LogP contribution in [0.15, 0.2) is 18.2 Å². The first-order chi connectivity index (χ1) is 7.72. The predicted octanol–water partition coefficient (Wildman–Crippen LogP) is 0.478. The fraction of sp³-hybridized carbons (Fsp3) is 0.455. The van der Waals surface area contributed by atoms with Gasteiger partial charge in [-0.2, -0.15) is 0 Å². The number of rotatable bonds is 3. The molecule has 86 valence electrons. The van der Waals surface area contributed by atoms with E-state index in [0.717, 1.165) is 5.69 Å². The van der Waals surface area contributed by atoms with E-state index in [1.807, 2.05) is 12.1 Å². The van der Waals surface area contributed by atoms with Crippen LogP contribution in [0.2, 0.25) is 0 Å². The lowest BCUT2D eigenvalue weighted by Crippen LogP contribution is -2.21. The Morgan fingerprint density at radius 3 is 3.06 bits per heavy atom. The third-order valence-corrected chi connectivity index (χ3v) is 2.87. The Balaban J connectivity index is 2.25. The molecule has 2 unspecified atom stereocenters. The Morgan fingerprint density at radius 2 is 2.38 bits per heavy atom. The van der Waals surface area contributed by atoms with Gasteiger partial charge < -0.3 is 15.2 Å². The molecule has 16 heavy (non-hydrogen) atoms. The molecule has 0 saturated carbocycles. The van der Waals surface area contributed by atoms with Crippen LogP contribution in [0.25, 0.3) is 0 Å². The lowest BCUT2D eigenvalue weighted by atomic mass is 9.92. The fourth-order valence-electron chi connectivity index (χ4n) is 2.00. The van der Waals surface area contributed by atoms with Crippen LogP contribution in [0.3, 0.4) is 0 Å². The van der Waals surface area contributed by atoms with Gasteiger partial charge in [-0.25, -0.2) is 4.98 Å². The van der Waals surface area contributed by atoms with Gasteiger partial charge in [0.05, 0.1) is 13.0 Å². The molecule has 1 aromatic rings. The summed E-state index contributed by atoms with van der Waals surface area (Å²) < 4.78 is 5.03. The molecular weight excluding hydrogens is 208 g/mol. The van der Waals surface area contributed by atoms with Crippen molar-refractivity contribution in [3.8, 4) is 5.88 Å². The second-order valence-electron chi connectivity index (χ2n) is 3.81. The average Bonchev–Trinajstić information content (AvgIpc) is 2.78. The number of pyridine rings is 1. The average molecular weight is 222 g/mol. The molecule has 1 saturated heterocycles. The van der Waals surface area contributed by atoms with Crippen molar-refractivity contribution in [3.63, 3.8) is 0 Å². The summed E-state index contributed by atoms with van der Waals surface area (Å²) in [7, 11) is 1.55. The maximum atomic E-state index is 11.0. The van der Waals surface area contributed by atoms with Crippen LogP contribution in [0.4, 0.5) is 0 Å². The van der Waals surface area contributed by atoms with Crippen molar-refractivity contribution < 1.29 is 14.6 Å². The number of aliphatic carboxylic acids is 1. The van der Waals surface area contributed by atoms with Gasteiger partial charge in [0, 0.05) is 30.8 Å². The van der Waals surface area contributed by atoms with Gasteiger partial charge in [0.2, 0.25) is 5.88 Å². The van der Waals surface area contributed by atoms with Crippen LogP contribution < -0.4 is 10.1 Å². The van der Waals surface area contributed by atoms with Crippen molar-refractivity contribution in [3.05, 3.63) is 23.9 Å². The SMILES string of the molecule is COc1cccc(C2CNCC2C(=O)O)n1. The highest BCUT2D eigenvalue weighted by Crippen LogP contribution is 2.27. The minimum atomic E-state index is -0.778. The highest BCUT2D eigenvalue weighted by molar-refractivity contribution is 5.72. The Morgan fingerprint density at radius 1 is 1.56 bits per heavy atom. The Hall–Kier alpha value is -1.62. The summed E-state index contributed by atoms with van der Waals surface area (Å²) in [5.41, 5.74) is 0.775. The van der Waals surface area contributed by atoms with Crippen molar-refractivity contribution >= 4 is 5.97 Å². The quantitative estimate of drug-likeness (QED) is 0.778. The summed E-state index contributed by atoms with van der Waals surface area (Å²) in [5.74, 6) is -0.736. The van der Waals surface area contributed by atoms with E-state index < -0.39 is 11.9 Å². The fourth-order valence-corrected chi connectivity index (χ4v) is 2.00. The lowest BCUT2D eigenvalue weighted by Gasteiger charge is -2.14. The number of carboxylic acid groups (broad SMARTS) is 1. The smallest absolute Gasteiger partial charge is 0.308 e. The monoisotopic (exact) mass is 222 g/mol. The topological polar surface area (TPSA) is 71.5 Å². The van der Waals surface area contributed by atoms with E-state index in [4.69, 9.17) is 9.84 Å². The van der Waals surface area contributed by atoms with Gasteiger partial charge in [0.1, 0.15) is 0 Å². The zero-order chi connectivity index (χ0) is 11.5. The van der Waals surface area contributed by atoms with Gasteiger partial charge in [-0.05, 0) is 6.07 Å². The van der Waals surface area contributed by atoms with Crippen LogP contribution in [0, 0.1) is 5.92 Å². The minimum Gasteiger partial charge on any atom is -0.481 e. The first-order valence-electron chi connectivity index (χ1n) is 5.17. The second-order valence-corrected chi connectivity index (χ2v) is 3.81. The molecule has 1 aliphatic heterocycles. The number of ether oxygens (including phenoxy) is 1. The van der Waals surface area contributed by atoms with Crippen molar-refractivity contribution in [2.45, 2.75) is 5.92 Å². The Kier molecular flexibility index (Phi) is 3.05. The number of carboxylic acids is 1. The van der Waals surface area contributed by atoms with Gasteiger partial charge in [-0.1, -0.05) is 6.07 Å². The predicted molar refractivity (Wildman–Crippen MR) is 57.5 cm³/mol. The molecule has 5 nitrogen and oxygen atoms in total. The number of methoxy groups -OCH3 is 1. The van der Waals surface area contributed by atoms with Crippen LogP contribution in [0.1, 0.15) is 11.6 Å². The highest BCUT2D eigenvalue weighted by atomic mass is 16.5. The molecule has 1 aromatic heterocycles. The highest BCUT2D eigenvalue weighted by Gasteiger charge is 2.34. The first-order valence-corrected chi connectivity index (χ1v) is 5.17. The summed E-state index contributed by atoms with van der Waals surface area (Å²) in [5, 5.41) is 12.2. The summed E-state index contributed by atoms with van der Waals surface area (Å²) in [4.78, 5) is 15.3. The van der Waals surface area contributed by atoms with Crippen molar-refractivity contribution in [1.82, 2.24) is 10.3 Å². The summed E-state index contributed by atoms with van der Waals surface area (Å²) in [6.45, 7) is 1.15. The molecule has 2 atom stereocenters. The van der Waals surface area contributed by atoms with E-state index in [-0.39, 0.29) is 5.92 Å². The van der Waals surface area contributed by atoms with E-state index in [0.29, 0.717) is 19.0 Å². The number of carbonyl (C=O) groups is 1. The van der Waals surface area contributed by atoms with E-state index in [1.54, 1.807) is 13.2 Å². The molecule has 0 radical (unpaired) electrons. The molecule has 0 aliphatic carbocycles. The van der Waals surface area contributed by atoms with Crippen LogP contribution in [-0.4, -0.2) is 36.3 Å². The molecule has 0 bridgehead atoms. The van der Waals surface area contributed by atoms with Crippen molar-refractivity contribution in [1.29, 1.82) is 0 Å². The number of nitrogens with zero attached hydrogens (tertiary/aromatic N) is 1. The second kappa shape index (κ2) is 4.49. The molecule has 5 heteroatoms. The summed E-state index contributed by atoms with van der Waals surface area (Å²) >= 11 is 0. The van der Waals surface area contributed by atoms with Gasteiger partial charge in [0.25, 0.3) is 0 Å². The number of hydrogen-bond donors (Lipinski definition) is 2. The van der Waals surface area contributed by atoms with Crippen LogP contribution in [-0.2, 0) is 4.79 Å². The third-order valence-electron chi connectivity index (χ3n) is 2.87. The number of nitrogens with one attached hydrogen (secondary N) is 1. The summed E-state index contributed by atoms with van der Waals surface area (Å²) in [6, 6.07) is 5.43. The minimum absolute atomic E-state index is 0.0763. The van der Waals surface area contributed by atoms with Crippen molar-refractivity contribution in [2.75, 3.05) is 20.2 Å². The maximum Gasteiger partial charge on any atom is 0.308 e. The Labute approximate surface area is 93.5 Å². The molecule has 0 aromatic carbocycles. The zero-order valence-electron chi connectivity index (χ0n) is 9.01. The van der Waals surface area contributed by atoms with Gasteiger partial charge in [0.15, 0.2) is 0 Å². The molecule has 0 spiro atoms. The Bertz CT molecular complexity index is 395. The first kappa shape index (κ1) is 10.9. The normalized spacial score (nSPS) is 24.3. The van der Waals surface area contributed by atoms with E-state index in [2.05, 4.69) is 10.3 Å². The molecular formula is C11H14N2O3. The van der Waals surface area contributed by atoms with Crippen LogP contribution in [0.5, 0.6) is 5.88 Å². The van der Waals surface area contributed by atoms with Crippen molar-refractivity contribution in [2.24, 2.45) is 5.92 Å². The standard InChI is InChI=1S/C11H14N2O3/c1-16-10-4-2-3-9(13-10)7-5-12-6-8(7)11(14)15/h2-4,7-8,12H,5-6H2,1H3,(H,14,15).